The third-order valence-electron chi connectivity index (χ3n) is 3.93. The zero-order valence-corrected chi connectivity index (χ0v) is 16.9. The van der Waals surface area contributed by atoms with Crippen molar-refractivity contribution in [2.24, 2.45) is 5.10 Å². The van der Waals surface area contributed by atoms with Crippen LogP contribution in [0.25, 0.3) is 0 Å². The van der Waals surface area contributed by atoms with Gasteiger partial charge in [0.05, 0.1) is 30.7 Å². The van der Waals surface area contributed by atoms with E-state index in [1.165, 1.54) is 0 Å². The molecule has 2 rings (SSSR count). The van der Waals surface area contributed by atoms with Crippen LogP contribution >= 0.6 is 12.2 Å². The predicted molar refractivity (Wildman–Crippen MR) is 111 cm³/mol. The molecule has 1 heterocycles. The Balaban J connectivity index is 2.10. The number of H-pyrrole nitrogens is 1. The summed E-state index contributed by atoms with van der Waals surface area (Å²) in [6.45, 7) is 7.63. The van der Waals surface area contributed by atoms with Gasteiger partial charge in [0, 0.05) is 17.4 Å². The van der Waals surface area contributed by atoms with Gasteiger partial charge in [0.25, 0.3) is 0 Å². The number of aromatic amines is 1. The minimum absolute atomic E-state index is 0.330. The molecule has 2 aromatic rings. The first kappa shape index (κ1) is 20.4. The molecule has 0 fully saturated rings. The number of hydrazone groups is 1. The normalized spacial score (nSPS) is 11.1. The van der Waals surface area contributed by atoms with E-state index in [4.69, 9.17) is 21.7 Å². The van der Waals surface area contributed by atoms with Crippen molar-refractivity contribution in [3.63, 3.8) is 0 Å². The lowest BCUT2D eigenvalue weighted by Crippen LogP contribution is -2.25. The van der Waals surface area contributed by atoms with E-state index >= 15 is 0 Å². The number of rotatable bonds is 6. The van der Waals surface area contributed by atoms with Crippen LogP contribution in [0, 0.1) is 13.8 Å². The second kappa shape index (κ2) is 9.18. The van der Waals surface area contributed by atoms with E-state index in [0.29, 0.717) is 23.0 Å². The van der Waals surface area contributed by atoms with Crippen LogP contribution in [0.2, 0.25) is 0 Å². The summed E-state index contributed by atoms with van der Waals surface area (Å²) < 4.78 is 10.3. The van der Waals surface area contributed by atoms with Crippen molar-refractivity contribution in [1.29, 1.82) is 0 Å². The zero-order valence-electron chi connectivity index (χ0n) is 16.1. The van der Waals surface area contributed by atoms with Crippen LogP contribution in [0.3, 0.4) is 0 Å². The highest BCUT2D eigenvalue weighted by molar-refractivity contribution is 7.80. The van der Waals surface area contributed by atoms with Crippen LogP contribution < -0.4 is 15.5 Å². The molecule has 27 heavy (non-hydrogen) atoms. The molecule has 3 N–H and O–H groups in total. The van der Waals surface area contributed by atoms with E-state index in [1.54, 1.807) is 14.0 Å². The van der Waals surface area contributed by atoms with Gasteiger partial charge in [-0.3, -0.25) is 5.43 Å². The Bertz CT molecular complexity index is 874. The molecule has 0 amide bonds. The van der Waals surface area contributed by atoms with Gasteiger partial charge in [0.15, 0.2) is 5.11 Å². The summed E-state index contributed by atoms with van der Waals surface area (Å²) in [5.41, 5.74) is 7.10. The molecule has 0 unspecified atom stereocenters. The van der Waals surface area contributed by atoms with Crippen molar-refractivity contribution in [3.05, 3.63) is 46.8 Å². The third-order valence-corrected chi connectivity index (χ3v) is 4.12. The predicted octanol–water partition coefficient (Wildman–Crippen LogP) is 3.53. The van der Waals surface area contributed by atoms with Crippen molar-refractivity contribution in [2.75, 3.05) is 19.0 Å². The Hall–Kier alpha value is -2.87. The Labute approximate surface area is 164 Å². The Kier molecular flexibility index (Phi) is 6.95. The molecular formula is C19H24N4O3S. The summed E-state index contributed by atoms with van der Waals surface area (Å²) in [6, 6.07) is 7.41. The highest BCUT2D eigenvalue weighted by atomic mass is 32.1. The fourth-order valence-corrected chi connectivity index (χ4v) is 2.84. The maximum absolute atomic E-state index is 12.1. The Morgan fingerprint density at radius 3 is 2.74 bits per heavy atom. The number of aromatic nitrogens is 1. The van der Waals surface area contributed by atoms with E-state index in [9.17, 15) is 4.79 Å². The van der Waals surface area contributed by atoms with Crippen molar-refractivity contribution in [1.82, 2.24) is 10.4 Å². The van der Waals surface area contributed by atoms with E-state index in [2.05, 4.69) is 20.8 Å². The Morgan fingerprint density at radius 2 is 2.07 bits per heavy atom. The van der Waals surface area contributed by atoms with Crippen molar-refractivity contribution >= 4 is 34.7 Å². The summed E-state index contributed by atoms with van der Waals surface area (Å²) in [5.74, 6) is 0.387. The lowest BCUT2D eigenvalue weighted by Gasteiger charge is -2.09. The lowest BCUT2D eigenvalue weighted by atomic mass is 10.1. The van der Waals surface area contributed by atoms with Crippen LogP contribution in [0.5, 0.6) is 5.75 Å². The smallest absolute Gasteiger partial charge is 0.340 e. The van der Waals surface area contributed by atoms with Crippen LogP contribution in [0.1, 0.15) is 41.2 Å². The van der Waals surface area contributed by atoms with Crippen molar-refractivity contribution < 1.29 is 14.3 Å². The molecule has 0 bridgehead atoms. The molecule has 0 saturated heterocycles. The topological polar surface area (TPSA) is 87.7 Å². The average molecular weight is 388 g/mol. The summed E-state index contributed by atoms with van der Waals surface area (Å²) in [7, 11) is 1.61. The van der Waals surface area contributed by atoms with Gasteiger partial charge in [-0.25, -0.2) is 4.79 Å². The maximum Gasteiger partial charge on any atom is 0.340 e. The van der Waals surface area contributed by atoms with Crippen molar-refractivity contribution in [3.8, 4) is 5.75 Å². The van der Waals surface area contributed by atoms with E-state index in [1.807, 2.05) is 45.0 Å². The van der Waals surface area contributed by atoms with Gasteiger partial charge in [-0.15, -0.1) is 0 Å². The number of nitrogens with zero attached hydrogens (tertiary/aromatic N) is 1. The summed E-state index contributed by atoms with van der Waals surface area (Å²) in [5, 5.41) is 7.68. The first-order valence-corrected chi connectivity index (χ1v) is 8.90. The number of ether oxygens (including phenoxy) is 2. The molecular weight excluding hydrogens is 364 g/mol. The highest BCUT2D eigenvalue weighted by Crippen LogP contribution is 2.20. The van der Waals surface area contributed by atoms with Gasteiger partial charge < -0.3 is 19.8 Å². The largest absolute Gasteiger partial charge is 0.497 e. The SMILES string of the molecule is CCOC(=O)c1c(C)[nH]c(/C(C)=N/NC(=S)Nc2cccc(OC)c2)c1C. The molecule has 0 atom stereocenters. The molecule has 0 saturated carbocycles. The molecule has 1 aromatic heterocycles. The van der Waals surface area contributed by atoms with Crippen LogP contribution in [0.15, 0.2) is 29.4 Å². The third kappa shape index (κ3) is 5.07. The molecule has 8 heteroatoms. The second-order valence-corrected chi connectivity index (χ2v) is 6.25. The number of hydrogen-bond acceptors (Lipinski definition) is 5. The van der Waals surface area contributed by atoms with Crippen molar-refractivity contribution in [2.45, 2.75) is 27.7 Å². The number of anilines is 1. The minimum atomic E-state index is -0.342. The fraction of sp³-hybridized carbons (Fsp3) is 0.316. The molecule has 7 nitrogen and oxygen atoms in total. The number of carbonyl (C=O) groups is 1. The van der Waals surface area contributed by atoms with E-state index < -0.39 is 0 Å². The fourth-order valence-electron chi connectivity index (χ4n) is 2.67. The second-order valence-electron chi connectivity index (χ2n) is 5.84. The molecule has 0 spiro atoms. The average Bonchev–Trinajstić information content (AvgIpc) is 2.94. The summed E-state index contributed by atoms with van der Waals surface area (Å²) >= 11 is 5.27. The number of hydrogen-bond donors (Lipinski definition) is 3. The molecule has 0 aliphatic carbocycles. The first-order chi connectivity index (χ1) is 12.9. The molecule has 0 aliphatic rings. The highest BCUT2D eigenvalue weighted by Gasteiger charge is 2.20. The van der Waals surface area contributed by atoms with Gasteiger partial charge in [0.2, 0.25) is 0 Å². The molecule has 1 aromatic carbocycles. The number of thiocarbonyl (C=S) groups is 1. The van der Waals surface area contributed by atoms with E-state index in [0.717, 1.165) is 28.4 Å². The standard InChI is InChI=1S/C19H24N4O3S/c1-6-26-18(24)16-11(2)17(20-12(16)3)13(4)22-23-19(27)21-14-8-7-9-15(10-14)25-5/h7-10,20H,6H2,1-5H3,(H2,21,23,27)/b22-13+. The van der Waals surface area contributed by atoms with Gasteiger partial charge in [-0.2, -0.15) is 5.10 Å². The number of esters is 1. The quantitative estimate of drug-likeness (QED) is 0.304. The number of aryl methyl sites for hydroxylation is 1. The van der Waals surface area contributed by atoms with Gasteiger partial charge in [0.1, 0.15) is 5.75 Å². The van der Waals surface area contributed by atoms with Gasteiger partial charge in [-0.05, 0) is 57.6 Å². The molecule has 0 aliphatic heterocycles. The maximum atomic E-state index is 12.1. The Morgan fingerprint density at radius 1 is 1.33 bits per heavy atom. The lowest BCUT2D eigenvalue weighted by molar-refractivity contribution is 0.0525. The molecule has 144 valence electrons. The molecule has 0 radical (unpaired) electrons. The summed E-state index contributed by atoms with van der Waals surface area (Å²) in [6.07, 6.45) is 0. The zero-order chi connectivity index (χ0) is 20.0. The van der Waals surface area contributed by atoms with E-state index in [-0.39, 0.29) is 5.97 Å². The number of benzene rings is 1. The monoisotopic (exact) mass is 388 g/mol. The summed E-state index contributed by atoms with van der Waals surface area (Å²) in [4.78, 5) is 15.3. The number of methoxy groups -OCH3 is 1. The first-order valence-electron chi connectivity index (χ1n) is 8.49. The number of carbonyl (C=O) groups excluding carboxylic acids is 1. The minimum Gasteiger partial charge on any atom is -0.497 e. The van der Waals surface area contributed by atoms with Crippen LogP contribution in [0.4, 0.5) is 5.69 Å². The van der Waals surface area contributed by atoms with Crippen LogP contribution in [-0.4, -0.2) is 35.5 Å². The van der Waals surface area contributed by atoms with Crippen LogP contribution in [-0.2, 0) is 4.74 Å². The number of nitrogens with one attached hydrogen (secondary N) is 3. The van der Waals surface area contributed by atoms with Gasteiger partial charge in [-0.1, -0.05) is 6.07 Å². The van der Waals surface area contributed by atoms with Gasteiger partial charge >= 0.3 is 5.97 Å².